The van der Waals surface area contributed by atoms with Gasteiger partial charge in [-0.2, -0.15) is 0 Å². The van der Waals surface area contributed by atoms with Crippen molar-refractivity contribution in [3.05, 3.63) is 0 Å². The Labute approximate surface area is 88.8 Å². The summed E-state index contributed by atoms with van der Waals surface area (Å²) in [6.07, 6.45) is 0. The molecule has 0 amide bonds. The second-order valence-electron chi connectivity index (χ2n) is 2.64. The molecule has 0 rings (SSSR count). The average molecular weight is 242 g/mol. The minimum Gasteiger partial charge on any atom is -0.477 e. The first-order valence-corrected chi connectivity index (χ1v) is 6.30. The average Bonchev–Trinajstić information content (AvgIpc) is 2.11. The van der Waals surface area contributed by atoms with Crippen molar-refractivity contribution in [3.63, 3.8) is 0 Å². The topological polar surface area (TPSA) is 130 Å². The zero-order chi connectivity index (χ0) is 11.1. The van der Waals surface area contributed by atoms with E-state index < -0.39 is 24.0 Å². The van der Waals surface area contributed by atoms with Crippen LogP contribution in [0.3, 0.4) is 0 Å². The molecule has 0 saturated heterocycles. The first kappa shape index (κ1) is 13.6. The lowest BCUT2D eigenvalue weighted by Gasteiger charge is -2.03. The predicted molar refractivity (Wildman–Crippen MR) is 53.5 cm³/mol. The third-order valence-electron chi connectivity index (χ3n) is 1.32. The summed E-state index contributed by atoms with van der Waals surface area (Å²) in [5.41, 5.74) is 6.85. The van der Waals surface area contributed by atoms with Gasteiger partial charge in [-0.1, -0.05) is 21.6 Å². The molecule has 2 unspecified atom stereocenters. The predicted octanol–water partition coefficient (Wildman–Crippen LogP) is -2.24. The molecule has 0 spiro atoms. The van der Waals surface area contributed by atoms with Gasteiger partial charge in [-0.05, 0) is 0 Å². The molecule has 6 nitrogen and oxygen atoms in total. The Morgan fingerprint density at radius 1 is 1.00 bits per heavy atom. The summed E-state index contributed by atoms with van der Waals surface area (Å²) in [6.45, 7) is 0. The number of carbonyl (C=O) groups is 2. The zero-order valence-electron chi connectivity index (χ0n) is 7.51. The van der Waals surface area contributed by atoms with Crippen LogP contribution < -0.4 is 11.5 Å². The molecule has 0 aromatic heterocycles. The second kappa shape index (κ2) is 6.93. The fourth-order valence-corrected chi connectivity index (χ4v) is 2.77. The fourth-order valence-electron chi connectivity index (χ4n) is 0.403. The van der Waals surface area contributed by atoms with Crippen LogP contribution in [0.4, 0.5) is 0 Å². The first-order valence-electron chi connectivity index (χ1n) is 3.81. The van der Waals surface area contributed by atoms with Crippen molar-refractivity contribution in [2.24, 2.45) is 0 Å². The van der Waals surface area contributed by atoms with Crippen LogP contribution in [0, 0.1) is 0 Å². The lowest BCUT2D eigenvalue weighted by atomic mass is 10.4. The maximum absolute atomic E-state index is 10.3. The van der Waals surface area contributed by atoms with E-state index in [1.807, 2.05) is 0 Å². The highest BCUT2D eigenvalue weighted by Gasteiger charge is 2.18. The molecule has 0 aliphatic carbocycles. The van der Waals surface area contributed by atoms with Gasteiger partial charge in [-0.25, -0.2) is 9.59 Å². The van der Waals surface area contributed by atoms with Gasteiger partial charge in [0.05, 0.1) is 11.5 Å². The van der Waals surface area contributed by atoms with Gasteiger partial charge in [0.2, 0.25) is 0 Å². The Kier molecular flexibility index (Phi) is 6.71. The van der Waals surface area contributed by atoms with Crippen LogP contribution >= 0.6 is 21.6 Å². The first-order chi connectivity index (χ1) is 6.45. The summed E-state index contributed by atoms with van der Waals surface area (Å²) in [5, 5.41) is 17.0. The number of hydrogen-bond donors (Lipinski definition) is 4. The normalized spacial score (nSPS) is 14.7. The van der Waals surface area contributed by atoms with Crippen molar-refractivity contribution in [1.29, 1.82) is 0 Å². The van der Waals surface area contributed by atoms with Gasteiger partial charge in [0.1, 0.15) is 0 Å². The molecular formula is C6H14N2O4S2+2. The van der Waals surface area contributed by atoms with Crippen LogP contribution in [0.2, 0.25) is 0 Å². The summed E-state index contributed by atoms with van der Waals surface area (Å²) >= 11 is 0. The zero-order valence-corrected chi connectivity index (χ0v) is 9.14. The Balaban J connectivity index is 3.47. The van der Waals surface area contributed by atoms with E-state index in [4.69, 9.17) is 10.2 Å². The van der Waals surface area contributed by atoms with Gasteiger partial charge in [0, 0.05) is 0 Å². The molecule has 8 heteroatoms. The lowest BCUT2D eigenvalue weighted by Crippen LogP contribution is -2.66. The molecule has 0 aliphatic heterocycles. The second-order valence-corrected chi connectivity index (χ2v) is 5.19. The van der Waals surface area contributed by atoms with Gasteiger partial charge in [-0.15, -0.1) is 0 Å². The summed E-state index contributed by atoms with van der Waals surface area (Å²) in [7, 11) is 2.61. The van der Waals surface area contributed by atoms with Crippen molar-refractivity contribution in [2.45, 2.75) is 12.1 Å². The Morgan fingerprint density at radius 3 is 1.50 bits per heavy atom. The summed E-state index contributed by atoms with van der Waals surface area (Å²) < 4.78 is 0. The smallest absolute Gasteiger partial charge is 0.363 e. The van der Waals surface area contributed by atoms with Gasteiger partial charge >= 0.3 is 11.9 Å². The number of carboxylic acids is 2. The van der Waals surface area contributed by atoms with E-state index in [9.17, 15) is 9.59 Å². The van der Waals surface area contributed by atoms with E-state index in [1.54, 1.807) is 0 Å². The molecule has 0 bridgehead atoms. The lowest BCUT2D eigenvalue weighted by molar-refractivity contribution is -0.400. The van der Waals surface area contributed by atoms with E-state index in [0.717, 1.165) is 0 Å². The number of hydrogen-bond acceptors (Lipinski definition) is 4. The van der Waals surface area contributed by atoms with E-state index in [2.05, 4.69) is 11.5 Å². The summed E-state index contributed by atoms with van der Waals surface area (Å²) in [6, 6.07) is -1.30. The maximum Gasteiger partial charge on any atom is 0.363 e. The fraction of sp³-hybridized carbons (Fsp3) is 0.667. The molecule has 2 atom stereocenters. The van der Waals surface area contributed by atoms with Crippen LogP contribution in [-0.4, -0.2) is 45.7 Å². The van der Waals surface area contributed by atoms with Gasteiger partial charge < -0.3 is 21.7 Å². The van der Waals surface area contributed by atoms with E-state index >= 15 is 0 Å². The molecule has 0 heterocycles. The van der Waals surface area contributed by atoms with E-state index in [0.29, 0.717) is 11.5 Å². The van der Waals surface area contributed by atoms with Gasteiger partial charge in [0.15, 0.2) is 12.1 Å². The molecule has 0 saturated carbocycles. The quantitative estimate of drug-likeness (QED) is 0.295. The van der Waals surface area contributed by atoms with Crippen molar-refractivity contribution in [1.82, 2.24) is 0 Å². The Morgan fingerprint density at radius 2 is 1.29 bits per heavy atom. The Bertz CT molecular complexity index is 192. The maximum atomic E-state index is 10.3. The highest BCUT2D eigenvalue weighted by atomic mass is 33.1. The highest BCUT2D eigenvalue weighted by molar-refractivity contribution is 8.76. The van der Waals surface area contributed by atoms with E-state index in [1.165, 1.54) is 21.6 Å². The van der Waals surface area contributed by atoms with Crippen molar-refractivity contribution >= 4 is 33.5 Å². The van der Waals surface area contributed by atoms with Crippen LogP contribution in [0.15, 0.2) is 0 Å². The molecule has 8 N–H and O–H groups in total. The minimum atomic E-state index is -0.942. The molecule has 0 radical (unpaired) electrons. The highest BCUT2D eigenvalue weighted by Crippen LogP contribution is 2.21. The van der Waals surface area contributed by atoms with Crippen molar-refractivity contribution in [3.8, 4) is 0 Å². The van der Waals surface area contributed by atoms with Crippen LogP contribution in [0.1, 0.15) is 0 Å². The molecular weight excluding hydrogens is 228 g/mol. The van der Waals surface area contributed by atoms with Crippen LogP contribution in [-0.2, 0) is 9.59 Å². The van der Waals surface area contributed by atoms with Gasteiger partial charge in [0.25, 0.3) is 0 Å². The van der Waals surface area contributed by atoms with Gasteiger partial charge in [-0.3, -0.25) is 0 Å². The van der Waals surface area contributed by atoms with E-state index in [-0.39, 0.29) is 0 Å². The minimum absolute atomic E-state index is 0.367. The van der Waals surface area contributed by atoms with Crippen molar-refractivity contribution in [2.75, 3.05) is 11.5 Å². The Hall–Kier alpha value is -0.440. The largest absolute Gasteiger partial charge is 0.477 e. The summed E-state index contributed by atoms with van der Waals surface area (Å²) in [5.74, 6) is -1.15. The molecule has 14 heavy (non-hydrogen) atoms. The number of carboxylic acid groups (broad SMARTS) is 2. The monoisotopic (exact) mass is 242 g/mol. The number of quaternary nitrogens is 2. The number of aliphatic carboxylic acids is 2. The summed E-state index contributed by atoms with van der Waals surface area (Å²) in [4.78, 5) is 20.7. The molecule has 0 fully saturated rings. The third kappa shape index (κ3) is 6.08. The van der Waals surface area contributed by atoms with Crippen LogP contribution in [0.25, 0.3) is 0 Å². The number of rotatable bonds is 7. The third-order valence-corrected chi connectivity index (χ3v) is 3.88. The molecule has 0 aliphatic rings. The SMILES string of the molecule is [NH3+]C(CSSCC([NH3+])C(=O)O)C(=O)O. The van der Waals surface area contributed by atoms with Crippen molar-refractivity contribution < 1.29 is 31.3 Å². The standard InChI is InChI=1S/C6H12N2O4S2/c7-3(5(9)10)1-13-14-2-4(8)6(11)12/h3-4H,1-2,7-8H2,(H,9,10)(H,11,12)/p+2. The molecule has 82 valence electrons. The molecule has 0 aromatic rings. The van der Waals surface area contributed by atoms with Crippen LogP contribution in [0.5, 0.6) is 0 Å². The molecule has 0 aromatic carbocycles.